The van der Waals surface area contributed by atoms with Gasteiger partial charge in [-0.3, -0.25) is 0 Å². The molecule has 2 nitrogen and oxygen atoms in total. The van der Waals surface area contributed by atoms with Crippen molar-refractivity contribution in [3.05, 3.63) is 105 Å². The quantitative estimate of drug-likeness (QED) is 0.224. The topological polar surface area (TPSA) is 24.7 Å². The molecule has 0 unspecified atom stereocenters. The number of hydrogen-bond donors (Lipinski definition) is 0. The van der Waals surface area contributed by atoms with Crippen molar-refractivity contribution in [1.82, 2.24) is 0 Å². The molecule has 230 valence electrons. The zero-order valence-electron chi connectivity index (χ0n) is 29.7. The van der Waals surface area contributed by atoms with Gasteiger partial charge in [-0.1, -0.05) is 144 Å². The highest BCUT2D eigenvalue weighted by Crippen LogP contribution is 2.43. The molecule has 0 spiro atoms. The summed E-state index contributed by atoms with van der Waals surface area (Å²) in [5.41, 5.74) is 14.0. The van der Waals surface area contributed by atoms with Gasteiger partial charge in [-0.25, -0.2) is 9.98 Å². The summed E-state index contributed by atoms with van der Waals surface area (Å²) in [7, 11) is 0. The van der Waals surface area contributed by atoms with Crippen LogP contribution in [0.5, 0.6) is 0 Å². The van der Waals surface area contributed by atoms with E-state index in [1.165, 1.54) is 44.2 Å². The maximum Gasteiger partial charge on any atom is 0.0979 e. The molecule has 44 heavy (non-hydrogen) atoms. The van der Waals surface area contributed by atoms with Crippen molar-refractivity contribution >= 4 is 33.6 Å². The second-order valence-corrected chi connectivity index (χ2v) is 17.0. The van der Waals surface area contributed by atoms with Crippen LogP contribution in [0.1, 0.15) is 128 Å². The molecular formula is C42H52N2. The molecule has 0 radical (unpaired) electrons. The van der Waals surface area contributed by atoms with Crippen LogP contribution < -0.4 is 0 Å². The fraction of sp³-hybridized carbons (Fsp3) is 0.429. The minimum atomic E-state index is -0.0705. The first-order valence-electron chi connectivity index (χ1n) is 16.2. The molecule has 1 aliphatic rings. The molecular weight excluding hydrogens is 532 g/mol. The van der Waals surface area contributed by atoms with Gasteiger partial charge in [-0.2, -0.15) is 0 Å². The van der Waals surface area contributed by atoms with Crippen LogP contribution in [0.25, 0.3) is 10.8 Å². The Morgan fingerprint density at radius 1 is 0.455 bits per heavy atom. The Balaban J connectivity index is 1.87. The maximum absolute atomic E-state index is 5.63. The van der Waals surface area contributed by atoms with Crippen LogP contribution in [0.4, 0.5) is 11.4 Å². The van der Waals surface area contributed by atoms with Gasteiger partial charge in [-0.05, 0) is 74.3 Å². The Kier molecular flexibility index (Phi) is 7.64. The molecule has 4 aromatic carbocycles. The highest BCUT2D eigenvalue weighted by atomic mass is 14.9. The molecule has 0 N–H and O–H groups in total. The van der Waals surface area contributed by atoms with Gasteiger partial charge in [0.05, 0.1) is 22.8 Å². The van der Waals surface area contributed by atoms with E-state index in [-0.39, 0.29) is 21.7 Å². The highest BCUT2D eigenvalue weighted by Gasteiger charge is 2.31. The lowest BCUT2D eigenvalue weighted by Gasteiger charge is -2.28. The molecule has 0 fully saturated rings. The van der Waals surface area contributed by atoms with Crippen molar-refractivity contribution < 1.29 is 0 Å². The summed E-state index contributed by atoms with van der Waals surface area (Å²) in [5, 5.41) is 2.47. The SMILES string of the molecule is Cc1cc(C(C)(C)C)cc(C(C)(C)C)c1N=C1C(=Nc2c(C)cc(C(C)(C)C)cc2C(C)(C)C)c2cccc3cccc1c23. The molecule has 2 heteroatoms. The third-order valence-electron chi connectivity index (χ3n) is 9.04. The first-order chi connectivity index (χ1) is 20.2. The number of nitrogens with zero attached hydrogens (tertiary/aromatic N) is 2. The molecule has 0 saturated heterocycles. The Morgan fingerprint density at radius 2 is 0.818 bits per heavy atom. The second kappa shape index (κ2) is 10.5. The summed E-state index contributed by atoms with van der Waals surface area (Å²) < 4.78 is 0. The van der Waals surface area contributed by atoms with Gasteiger partial charge in [0, 0.05) is 16.5 Å². The third-order valence-corrected chi connectivity index (χ3v) is 9.04. The van der Waals surface area contributed by atoms with Crippen LogP contribution >= 0.6 is 0 Å². The Labute approximate surface area is 266 Å². The standard InChI is InChI=1S/C42H52N2/c1-25-21-28(39(3,4)5)23-32(41(9,10)11)35(25)43-37-30-19-15-17-27-18-16-20-31(34(27)30)38(37)44-36-26(2)22-29(40(6,7)8)24-33(36)42(12,13)14/h15-24H,1-14H3. The highest BCUT2D eigenvalue weighted by molar-refractivity contribution is 6.61. The Bertz CT molecular complexity index is 1700. The third kappa shape index (κ3) is 5.81. The molecule has 0 heterocycles. The molecule has 0 aliphatic heterocycles. The van der Waals surface area contributed by atoms with Crippen molar-refractivity contribution in [1.29, 1.82) is 0 Å². The number of hydrogen-bond acceptors (Lipinski definition) is 2. The van der Waals surface area contributed by atoms with Crippen LogP contribution in [0.15, 0.2) is 70.6 Å². The predicted octanol–water partition coefficient (Wildman–Crippen LogP) is 11.9. The molecule has 0 aromatic heterocycles. The maximum atomic E-state index is 5.63. The lowest BCUT2D eigenvalue weighted by molar-refractivity contribution is 0.568. The van der Waals surface area contributed by atoms with E-state index in [0.717, 1.165) is 33.9 Å². The lowest BCUT2D eigenvalue weighted by Crippen LogP contribution is -2.19. The van der Waals surface area contributed by atoms with E-state index in [4.69, 9.17) is 9.98 Å². The summed E-state index contributed by atoms with van der Waals surface area (Å²) >= 11 is 0. The fourth-order valence-electron chi connectivity index (χ4n) is 6.31. The van der Waals surface area contributed by atoms with Gasteiger partial charge < -0.3 is 0 Å². The van der Waals surface area contributed by atoms with Crippen molar-refractivity contribution in [3.8, 4) is 0 Å². The van der Waals surface area contributed by atoms with Gasteiger partial charge in [0.15, 0.2) is 0 Å². The van der Waals surface area contributed by atoms with Gasteiger partial charge in [0.1, 0.15) is 0 Å². The molecule has 0 saturated carbocycles. The molecule has 1 aliphatic carbocycles. The summed E-state index contributed by atoms with van der Waals surface area (Å²) in [6, 6.07) is 22.6. The number of benzene rings is 4. The zero-order chi connectivity index (χ0) is 32.6. The van der Waals surface area contributed by atoms with Crippen LogP contribution in [0.3, 0.4) is 0 Å². The molecule has 0 amide bonds. The largest absolute Gasteiger partial charge is 0.246 e. The van der Waals surface area contributed by atoms with Crippen LogP contribution in [-0.2, 0) is 21.7 Å². The monoisotopic (exact) mass is 584 g/mol. The molecule has 0 atom stereocenters. The van der Waals surface area contributed by atoms with Crippen molar-refractivity contribution in [3.63, 3.8) is 0 Å². The predicted molar refractivity (Wildman–Crippen MR) is 193 cm³/mol. The van der Waals surface area contributed by atoms with Crippen molar-refractivity contribution in [2.24, 2.45) is 9.98 Å². The van der Waals surface area contributed by atoms with E-state index >= 15 is 0 Å². The molecule has 5 rings (SSSR count). The van der Waals surface area contributed by atoms with Crippen LogP contribution in [0, 0.1) is 13.8 Å². The average molecular weight is 585 g/mol. The summed E-state index contributed by atoms with van der Waals surface area (Å²) in [6.45, 7) is 32.0. The smallest absolute Gasteiger partial charge is 0.0979 e. The van der Waals surface area contributed by atoms with E-state index in [0.29, 0.717) is 0 Å². The van der Waals surface area contributed by atoms with E-state index in [1.54, 1.807) is 0 Å². The van der Waals surface area contributed by atoms with Gasteiger partial charge >= 0.3 is 0 Å². The second-order valence-electron chi connectivity index (χ2n) is 17.0. The summed E-state index contributed by atoms with van der Waals surface area (Å²) in [6.07, 6.45) is 0. The molecule has 4 aromatic rings. The van der Waals surface area contributed by atoms with E-state index < -0.39 is 0 Å². The van der Waals surface area contributed by atoms with Gasteiger partial charge in [-0.15, -0.1) is 0 Å². The van der Waals surface area contributed by atoms with Gasteiger partial charge in [0.2, 0.25) is 0 Å². The lowest BCUT2D eigenvalue weighted by atomic mass is 9.78. The normalized spacial score (nSPS) is 16.0. The minimum Gasteiger partial charge on any atom is -0.246 e. The first kappa shape index (κ1) is 31.9. The Hall–Kier alpha value is -3.52. The van der Waals surface area contributed by atoms with Crippen LogP contribution in [0.2, 0.25) is 0 Å². The van der Waals surface area contributed by atoms with E-state index in [1.807, 2.05) is 0 Å². The number of aryl methyl sites for hydroxylation is 2. The average Bonchev–Trinajstić information content (AvgIpc) is 3.17. The fourth-order valence-corrected chi connectivity index (χ4v) is 6.31. The zero-order valence-corrected chi connectivity index (χ0v) is 29.7. The molecule has 0 bridgehead atoms. The first-order valence-corrected chi connectivity index (χ1v) is 16.2. The van der Waals surface area contributed by atoms with Crippen LogP contribution in [-0.4, -0.2) is 11.4 Å². The van der Waals surface area contributed by atoms with Crippen molar-refractivity contribution in [2.45, 2.75) is 119 Å². The number of aliphatic imine (C=N–C) groups is 2. The van der Waals surface area contributed by atoms with Gasteiger partial charge in [0.25, 0.3) is 0 Å². The summed E-state index contributed by atoms with van der Waals surface area (Å²) in [5.74, 6) is 0. The summed E-state index contributed by atoms with van der Waals surface area (Å²) in [4.78, 5) is 11.3. The Morgan fingerprint density at radius 3 is 1.14 bits per heavy atom. The minimum absolute atomic E-state index is 0.0539. The van der Waals surface area contributed by atoms with Crippen molar-refractivity contribution in [2.75, 3.05) is 0 Å². The van der Waals surface area contributed by atoms with E-state index in [2.05, 4.69) is 158 Å². The van der Waals surface area contributed by atoms with E-state index in [9.17, 15) is 0 Å². The number of rotatable bonds is 2.